The Kier molecular flexibility index (Phi) is 3.60. The number of ether oxygens (including phenoxy) is 1. The van der Waals surface area contributed by atoms with Crippen LogP contribution >= 0.6 is 11.8 Å². The van der Waals surface area contributed by atoms with E-state index < -0.39 is 0 Å². The molecule has 0 unspecified atom stereocenters. The molecule has 2 aliphatic rings. The molecule has 24 heavy (non-hydrogen) atoms. The predicted molar refractivity (Wildman–Crippen MR) is 95.3 cm³/mol. The van der Waals surface area contributed by atoms with E-state index in [0.29, 0.717) is 12.1 Å². The first-order chi connectivity index (χ1) is 11.9. The van der Waals surface area contributed by atoms with Gasteiger partial charge < -0.3 is 9.72 Å². The molecule has 6 heteroatoms. The van der Waals surface area contributed by atoms with Gasteiger partial charge in [-0.05, 0) is 31.7 Å². The van der Waals surface area contributed by atoms with Gasteiger partial charge in [-0.25, -0.2) is 0 Å². The van der Waals surface area contributed by atoms with Crippen molar-refractivity contribution in [2.45, 2.75) is 43.0 Å². The quantitative estimate of drug-likeness (QED) is 0.713. The Hall–Kier alpha value is -1.79. The average Bonchev–Trinajstić information content (AvgIpc) is 3.04. The standard InChI is InChI=1S/C18H20N4OS/c1-2-6-16-14(5-1)15(10-19-16)17-20-21-18(22(17)12-7-8-12)24-11-13-4-3-9-23-13/h1-2,5-6,10,12-13,19H,3-4,7-9,11H2/t13-/m1/s1. The molecule has 1 aliphatic carbocycles. The smallest absolute Gasteiger partial charge is 0.191 e. The van der Waals surface area contributed by atoms with Crippen molar-refractivity contribution in [1.29, 1.82) is 0 Å². The van der Waals surface area contributed by atoms with E-state index >= 15 is 0 Å². The van der Waals surface area contributed by atoms with Gasteiger partial charge in [0.05, 0.1) is 6.10 Å². The van der Waals surface area contributed by atoms with Crippen LogP contribution in [0.15, 0.2) is 35.6 Å². The second kappa shape index (κ2) is 5.93. The topological polar surface area (TPSA) is 55.7 Å². The van der Waals surface area contributed by atoms with Gasteiger partial charge >= 0.3 is 0 Å². The normalized spacial score (nSPS) is 20.9. The van der Waals surface area contributed by atoms with Crippen molar-refractivity contribution in [1.82, 2.24) is 19.7 Å². The molecule has 1 saturated carbocycles. The van der Waals surface area contributed by atoms with Crippen molar-refractivity contribution in [3.63, 3.8) is 0 Å². The van der Waals surface area contributed by atoms with Crippen molar-refractivity contribution in [2.24, 2.45) is 0 Å². The summed E-state index contributed by atoms with van der Waals surface area (Å²) in [7, 11) is 0. The molecule has 1 aliphatic heterocycles. The fraction of sp³-hybridized carbons (Fsp3) is 0.444. The highest BCUT2D eigenvalue weighted by Crippen LogP contribution is 2.42. The van der Waals surface area contributed by atoms with Gasteiger partial charge in [-0.1, -0.05) is 30.0 Å². The van der Waals surface area contributed by atoms with Crippen LogP contribution in [-0.2, 0) is 4.74 Å². The van der Waals surface area contributed by atoms with E-state index in [4.69, 9.17) is 4.74 Å². The molecule has 1 N–H and O–H groups in total. The lowest BCUT2D eigenvalue weighted by Crippen LogP contribution is -2.09. The van der Waals surface area contributed by atoms with Crippen LogP contribution < -0.4 is 0 Å². The molecule has 3 heterocycles. The van der Waals surface area contributed by atoms with Crippen LogP contribution in [0.4, 0.5) is 0 Å². The van der Waals surface area contributed by atoms with Gasteiger partial charge in [-0.3, -0.25) is 4.57 Å². The Morgan fingerprint density at radius 2 is 2.12 bits per heavy atom. The molecule has 3 aromatic rings. The third kappa shape index (κ3) is 2.54. The number of nitrogens with zero attached hydrogens (tertiary/aromatic N) is 3. The van der Waals surface area contributed by atoms with Crippen molar-refractivity contribution in [3.05, 3.63) is 30.5 Å². The second-order valence-electron chi connectivity index (χ2n) is 6.60. The monoisotopic (exact) mass is 340 g/mol. The summed E-state index contributed by atoms with van der Waals surface area (Å²) in [6.45, 7) is 0.904. The first-order valence-electron chi connectivity index (χ1n) is 8.66. The Morgan fingerprint density at radius 1 is 1.21 bits per heavy atom. The lowest BCUT2D eigenvalue weighted by Gasteiger charge is -2.10. The lowest BCUT2D eigenvalue weighted by atomic mass is 10.1. The molecule has 0 amide bonds. The molecule has 5 rings (SSSR count). The number of rotatable bonds is 5. The van der Waals surface area contributed by atoms with Crippen LogP contribution in [0.2, 0.25) is 0 Å². The molecule has 2 aromatic heterocycles. The van der Waals surface area contributed by atoms with Crippen LogP contribution in [0.1, 0.15) is 31.7 Å². The van der Waals surface area contributed by atoms with E-state index in [2.05, 4.69) is 50.2 Å². The van der Waals surface area contributed by atoms with Crippen LogP contribution in [0.3, 0.4) is 0 Å². The van der Waals surface area contributed by atoms with Crippen LogP contribution in [0.5, 0.6) is 0 Å². The number of nitrogens with one attached hydrogen (secondary N) is 1. The van der Waals surface area contributed by atoms with Gasteiger partial charge in [0.2, 0.25) is 0 Å². The van der Waals surface area contributed by atoms with Crippen molar-refractivity contribution >= 4 is 22.7 Å². The van der Waals surface area contributed by atoms with E-state index in [0.717, 1.165) is 34.4 Å². The number of thioether (sulfide) groups is 1. The third-order valence-corrected chi connectivity index (χ3v) is 5.90. The van der Waals surface area contributed by atoms with Crippen molar-refractivity contribution in [2.75, 3.05) is 12.4 Å². The summed E-state index contributed by atoms with van der Waals surface area (Å²) in [5, 5.41) is 11.3. The summed E-state index contributed by atoms with van der Waals surface area (Å²) in [6.07, 6.45) is 7.22. The molecular weight excluding hydrogens is 320 g/mol. The highest BCUT2D eigenvalue weighted by Gasteiger charge is 2.31. The van der Waals surface area contributed by atoms with E-state index in [1.807, 2.05) is 0 Å². The van der Waals surface area contributed by atoms with Crippen LogP contribution in [0, 0.1) is 0 Å². The maximum Gasteiger partial charge on any atom is 0.191 e. The number of hydrogen-bond donors (Lipinski definition) is 1. The number of para-hydroxylation sites is 1. The second-order valence-corrected chi connectivity index (χ2v) is 7.59. The SMILES string of the molecule is c1ccc2c(-c3nnc(SC[C@H]4CCCO4)n3C3CC3)c[nH]c2c1. The highest BCUT2D eigenvalue weighted by atomic mass is 32.2. The Balaban J connectivity index is 1.49. The zero-order valence-electron chi connectivity index (χ0n) is 13.4. The van der Waals surface area contributed by atoms with Gasteiger partial charge in [-0.2, -0.15) is 0 Å². The Bertz CT molecular complexity index is 861. The highest BCUT2D eigenvalue weighted by molar-refractivity contribution is 7.99. The Morgan fingerprint density at radius 3 is 2.96 bits per heavy atom. The fourth-order valence-corrected chi connectivity index (χ4v) is 4.49. The number of aromatic amines is 1. The molecule has 124 valence electrons. The fourth-order valence-electron chi connectivity index (χ4n) is 3.42. The van der Waals surface area contributed by atoms with E-state index in [1.54, 1.807) is 11.8 Å². The zero-order chi connectivity index (χ0) is 15.9. The van der Waals surface area contributed by atoms with Crippen molar-refractivity contribution in [3.8, 4) is 11.4 Å². The van der Waals surface area contributed by atoms with Gasteiger partial charge in [0.15, 0.2) is 11.0 Å². The summed E-state index contributed by atoms with van der Waals surface area (Å²) in [5.74, 6) is 1.96. The van der Waals surface area contributed by atoms with Gasteiger partial charge in [-0.15, -0.1) is 10.2 Å². The van der Waals surface area contributed by atoms with Gasteiger partial charge in [0, 0.05) is 41.1 Å². The first-order valence-corrected chi connectivity index (χ1v) is 9.64. The number of fused-ring (bicyclic) bond motifs is 1. The number of hydrogen-bond acceptors (Lipinski definition) is 4. The number of benzene rings is 1. The van der Waals surface area contributed by atoms with Crippen LogP contribution in [0.25, 0.3) is 22.3 Å². The summed E-state index contributed by atoms with van der Waals surface area (Å²) in [5.41, 5.74) is 2.29. The molecule has 0 spiro atoms. The van der Waals surface area contributed by atoms with E-state index in [-0.39, 0.29) is 0 Å². The molecule has 2 fully saturated rings. The summed E-state index contributed by atoms with van der Waals surface area (Å²) < 4.78 is 8.09. The summed E-state index contributed by atoms with van der Waals surface area (Å²) >= 11 is 1.79. The first kappa shape index (κ1) is 14.5. The number of aromatic nitrogens is 4. The van der Waals surface area contributed by atoms with Gasteiger partial charge in [0.25, 0.3) is 0 Å². The molecule has 0 bridgehead atoms. The van der Waals surface area contributed by atoms with Gasteiger partial charge in [0.1, 0.15) is 0 Å². The van der Waals surface area contributed by atoms with Crippen LogP contribution in [-0.4, -0.2) is 38.2 Å². The predicted octanol–water partition coefficient (Wildman–Crippen LogP) is 4.03. The summed E-state index contributed by atoms with van der Waals surface area (Å²) in [6, 6.07) is 8.92. The minimum Gasteiger partial charge on any atom is -0.377 e. The maximum atomic E-state index is 5.74. The summed E-state index contributed by atoms with van der Waals surface area (Å²) in [4.78, 5) is 3.35. The Labute approximate surface area is 144 Å². The third-order valence-electron chi connectivity index (χ3n) is 4.83. The molecular formula is C18H20N4OS. The lowest BCUT2D eigenvalue weighted by molar-refractivity contribution is 0.129. The molecule has 5 nitrogen and oxygen atoms in total. The average molecular weight is 340 g/mol. The largest absolute Gasteiger partial charge is 0.377 e. The molecule has 1 saturated heterocycles. The maximum absolute atomic E-state index is 5.74. The minimum absolute atomic E-state index is 0.371. The molecule has 1 atom stereocenters. The van der Waals surface area contributed by atoms with E-state index in [9.17, 15) is 0 Å². The zero-order valence-corrected chi connectivity index (χ0v) is 14.3. The molecule has 1 aromatic carbocycles. The minimum atomic E-state index is 0.371. The number of H-pyrrole nitrogens is 1. The van der Waals surface area contributed by atoms with E-state index in [1.165, 1.54) is 31.1 Å². The van der Waals surface area contributed by atoms with Crippen molar-refractivity contribution < 1.29 is 4.74 Å². The molecule has 0 radical (unpaired) electrons.